The summed E-state index contributed by atoms with van der Waals surface area (Å²) in [5.41, 5.74) is 3.27. The molecule has 0 unspecified atom stereocenters. The van der Waals surface area contributed by atoms with Crippen molar-refractivity contribution in [3.8, 4) is 0 Å². The van der Waals surface area contributed by atoms with E-state index in [0.717, 1.165) is 14.5 Å². The fourth-order valence-corrected chi connectivity index (χ4v) is 4.26. The highest BCUT2D eigenvalue weighted by Gasteiger charge is 2.54. The van der Waals surface area contributed by atoms with Crippen molar-refractivity contribution in [1.82, 2.24) is 9.46 Å². The van der Waals surface area contributed by atoms with Crippen LogP contribution >= 0.6 is 31.9 Å². The van der Waals surface area contributed by atoms with Gasteiger partial charge >= 0.3 is 6.97 Å². The summed E-state index contributed by atoms with van der Waals surface area (Å²) in [5.74, 6) is 0. The molecule has 2 aliphatic heterocycles. The first kappa shape index (κ1) is 15.0. The zero-order chi connectivity index (χ0) is 16.4. The molecule has 4 heterocycles. The van der Waals surface area contributed by atoms with Crippen LogP contribution in [0.2, 0.25) is 0 Å². The number of halogens is 4. The fraction of sp³-hybridized carbons (Fsp3) is 0.0667. The third-order valence-electron chi connectivity index (χ3n) is 4.12. The molecule has 0 N–H and O–H groups in total. The molecule has 0 spiro atoms. The van der Waals surface area contributed by atoms with E-state index >= 15 is 8.63 Å². The number of hydrogen-bond acceptors (Lipinski definition) is 1. The minimum absolute atomic E-state index is 0.342. The van der Waals surface area contributed by atoms with Crippen molar-refractivity contribution in [1.29, 1.82) is 0 Å². The van der Waals surface area contributed by atoms with Gasteiger partial charge in [-0.2, -0.15) is 0 Å². The third-order valence-corrected chi connectivity index (χ3v) is 5.41. The van der Waals surface area contributed by atoms with Gasteiger partial charge in [0.05, 0.1) is 15.9 Å². The number of pyridine rings is 1. The van der Waals surface area contributed by atoms with E-state index in [4.69, 9.17) is 0 Å². The van der Waals surface area contributed by atoms with E-state index in [1.54, 1.807) is 30.5 Å². The lowest BCUT2D eigenvalue weighted by atomic mass is 9.87. The van der Waals surface area contributed by atoms with E-state index in [9.17, 15) is 0 Å². The van der Waals surface area contributed by atoms with E-state index in [-0.39, 0.29) is 0 Å². The highest BCUT2D eigenvalue weighted by molar-refractivity contribution is 9.18. The first-order valence-electron chi connectivity index (χ1n) is 6.98. The van der Waals surface area contributed by atoms with Crippen molar-refractivity contribution < 1.29 is 13.1 Å². The van der Waals surface area contributed by atoms with Gasteiger partial charge in [0.25, 0.3) is 0 Å². The van der Waals surface area contributed by atoms with Crippen molar-refractivity contribution in [3.05, 3.63) is 69.9 Å². The van der Waals surface area contributed by atoms with Gasteiger partial charge in [-0.05, 0) is 46.6 Å². The van der Waals surface area contributed by atoms with Gasteiger partial charge in [-0.15, -0.1) is 0 Å². The predicted octanol–water partition coefficient (Wildman–Crippen LogP) is 4.33. The number of nitrogens with zero attached hydrogens (tertiary/aromatic N) is 3. The standard InChI is InChI=1S/C15H10BBr2F2N3/c1-9-3-2-8-21-15(9)14-10-4-6-12(17)22(10)16(19,20)23-11(14)5-7-13(23)18/h2-8H,1H3. The third kappa shape index (κ3) is 1.97. The lowest BCUT2D eigenvalue weighted by molar-refractivity contribution is -0.358. The molecule has 2 aliphatic rings. The first-order valence-corrected chi connectivity index (χ1v) is 8.57. The Labute approximate surface area is 148 Å². The second kappa shape index (κ2) is 4.98. The lowest BCUT2D eigenvalue weighted by Gasteiger charge is -2.32. The van der Waals surface area contributed by atoms with Crippen LogP contribution in [0.1, 0.15) is 17.0 Å². The quantitative estimate of drug-likeness (QED) is 0.605. The molecule has 2 aromatic heterocycles. The Morgan fingerprint density at radius 3 is 2.70 bits per heavy atom. The molecule has 0 radical (unpaired) electrons. The Hall–Kier alpha value is -1.54. The van der Waals surface area contributed by atoms with Crippen LogP contribution in [-0.4, -0.2) is 25.5 Å². The number of aromatic nitrogens is 2. The second-order valence-electron chi connectivity index (χ2n) is 5.45. The van der Waals surface area contributed by atoms with Crippen molar-refractivity contribution in [2.75, 3.05) is 0 Å². The van der Waals surface area contributed by atoms with E-state index < -0.39 is 6.97 Å². The minimum Gasteiger partial charge on any atom is -0.389 e. The summed E-state index contributed by atoms with van der Waals surface area (Å²) in [4.78, 5) is 4.43. The molecular weight excluding hydrogens is 431 g/mol. The fourth-order valence-electron chi connectivity index (χ4n) is 3.12. The summed E-state index contributed by atoms with van der Waals surface area (Å²) in [6.07, 6.45) is 5.02. The molecule has 0 amide bonds. The number of aryl methyl sites for hydroxylation is 1. The van der Waals surface area contributed by atoms with E-state index in [1.807, 2.05) is 19.1 Å². The van der Waals surface area contributed by atoms with Gasteiger partial charge in [-0.1, -0.05) is 6.07 Å². The maximum absolute atomic E-state index is 15.1. The lowest BCUT2D eigenvalue weighted by Crippen LogP contribution is -2.50. The molecule has 8 heteroatoms. The summed E-state index contributed by atoms with van der Waals surface area (Å²) < 4.78 is 32.9. The SMILES string of the molecule is Cc1cccnc1C1=C2C=CC(Br)=[N+]2[B-](F)(F)n2c(Br)ccc21. The molecule has 23 heavy (non-hydrogen) atoms. The Morgan fingerprint density at radius 2 is 1.96 bits per heavy atom. The van der Waals surface area contributed by atoms with Gasteiger partial charge in [0.15, 0.2) is 5.70 Å². The van der Waals surface area contributed by atoms with Gasteiger partial charge in [0.1, 0.15) is 0 Å². The maximum Gasteiger partial charge on any atom is 0.738 e. The van der Waals surface area contributed by atoms with Gasteiger partial charge in [-0.3, -0.25) is 4.98 Å². The number of rotatable bonds is 1. The molecule has 0 saturated heterocycles. The Balaban J connectivity index is 2.15. The average Bonchev–Trinajstić information content (AvgIpc) is 3.06. The summed E-state index contributed by atoms with van der Waals surface area (Å²) in [7, 11) is 0. The smallest absolute Gasteiger partial charge is 0.389 e. The highest BCUT2D eigenvalue weighted by Crippen LogP contribution is 2.41. The molecule has 3 nitrogen and oxygen atoms in total. The van der Waals surface area contributed by atoms with Gasteiger partial charge in [-0.25, -0.2) is 0 Å². The Kier molecular flexibility index (Phi) is 3.25. The largest absolute Gasteiger partial charge is 0.738 e. The number of hydrogen-bond donors (Lipinski definition) is 0. The normalized spacial score (nSPS) is 18.5. The first-order chi connectivity index (χ1) is 10.9. The molecule has 0 aromatic carbocycles. The van der Waals surface area contributed by atoms with Crippen molar-refractivity contribution in [2.24, 2.45) is 0 Å². The molecular formula is C15H10BBr2F2N3. The predicted molar refractivity (Wildman–Crippen MR) is 93.8 cm³/mol. The molecule has 2 aromatic rings. The maximum atomic E-state index is 15.1. The monoisotopic (exact) mass is 439 g/mol. The summed E-state index contributed by atoms with van der Waals surface area (Å²) in [6, 6.07) is 7.11. The van der Waals surface area contributed by atoms with Crippen LogP contribution in [0.5, 0.6) is 0 Å². The van der Waals surface area contributed by atoms with Gasteiger partial charge in [0, 0.05) is 40.0 Å². The van der Waals surface area contributed by atoms with Gasteiger partial charge < -0.3 is 17.6 Å². The Bertz CT molecular complexity index is 944. The minimum atomic E-state index is -3.98. The zero-order valence-electron chi connectivity index (χ0n) is 12.0. The van der Waals surface area contributed by atoms with Crippen molar-refractivity contribution in [2.45, 2.75) is 6.92 Å². The van der Waals surface area contributed by atoms with Crippen molar-refractivity contribution in [3.63, 3.8) is 0 Å². The van der Waals surface area contributed by atoms with Crippen LogP contribution in [0.25, 0.3) is 5.57 Å². The van der Waals surface area contributed by atoms with Crippen LogP contribution in [0.15, 0.2) is 52.9 Å². The van der Waals surface area contributed by atoms with Crippen molar-refractivity contribution >= 4 is 49.0 Å². The summed E-state index contributed by atoms with van der Waals surface area (Å²) in [6.45, 7) is -2.06. The van der Waals surface area contributed by atoms with E-state index in [2.05, 4.69) is 36.8 Å². The van der Waals surface area contributed by atoms with Crippen LogP contribution in [0.3, 0.4) is 0 Å². The molecule has 0 saturated carbocycles. The highest BCUT2D eigenvalue weighted by atomic mass is 79.9. The topological polar surface area (TPSA) is 20.8 Å². The molecule has 0 aliphatic carbocycles. The second-order valence-corrected chi connectivity index (χ2v) is 7.08. The summed E-state index contributed by atoms with van der Waals surface area (Å²) >= 11 is 6.49. The average molecular weight is 441 g/mol. The van der Waals surface area contributed by atoms with Crippen LogP contribution in [0.4, 0.5) is 8.63 Å². The molecule has 0 bridgehead atoms. The Morgan fingerprint density at radius 1 is 1.17 bits per heavy atom. The molecule has 0 atom stereocenters. The zero-order valence-corrected chi connectivity index (χ0v) is 15.1. The van der Waals surface area contributed by atoms with E-state index in [0.29, 0.717) is 31.9 Å². The van der Waals surface area contributed by atoms with Gasteiger partial charge in [0.2, 0.25) is 4.62 Å². The summed E-state index contributed by atoms with van der Waals surface area (Å²) in [5, 5.41) is 0. The molecule has 0 fully saturated rings. The van der Waals surface area contributed by atoms with Crippen LogP contribution < -0.4 is 0 Å². The number of fused-ring (bicyclic) bond motifs is 2. The number of allylic oxidation sites excluding steroid dienone is 2. The van der Waals surface area contributed by atoms with Crippen LogP contribution in [-0.2, 0) is 0 Å². The molecule has 116 valence electrons. The van der Waals surface area contributed by atoms with E-state index in [1.165, 1.54) is 0 Å². The van der Waals surface area contributed by atoms with Crippen LogP contribution in [0, 0.1) is 6.92 Å². The molecule has 4 rings (SSSR count).